The van der Waals surface area contributed by atoms with E-state index in [9.17, 15) is 9.59 Å². The highest BCUT2D eigenvalue weighted by molar-refractivity contribution is 5.95. The van der Waals surface area contributed by atoms with Crippen molar-refractivity contribution in [2.45, 2.75) is 13.8 Å². The highest BCUT2D eigenvalue weighted by Crippen LogP contribution is 2.12. The van der Waals surface area contributed by atoms with Gasteiger partial charge in [-0.1, -0.05) is 6.07 Å². The lowest BCUT2D eigenvalue weighted by atomic mass is 10.1. The van der Waals surface area contributed by atoms with Crippen LogP contribution in [0.4, 0.5) is 0 Å². The van der Waals surface area contributed by atoms with Gasteiger partial charge in [0, 0.05) is 0 Å². The van der Waals surface area contributed by atoms with E-state index in [0.717, 1.165) is 0 Å². The first-order valence-corrected chi connectivity index (χ1v) is 4.57. The Balaban J connectivity index is 3.07. The lowest BCUT2D eigenvalue weighted by Crippen LogP contribution is -2.07. The van der Waals surface area contributed by atoms with E-state index in [1.807, 2.05) is 0 Å². The summed E-state index contributed by atoms with van der Waals surface area (Å²) in [5.41, 5.74) is 1.01. The standard InChI is InChI=1S/C11H12O4/c1-3-15-11(14)8-5-4-7(2)9(6-8)10(12)13/h4-6H,3H2,1-2H3,(H,12,13). The van der Waals surface area contributed by atoms with Crippen LogP contribution >= 0.6 is 0 Å². The molecule has 4 nitrogen and oxygen atoms in total. The number of hydrogen-bond acceptors (Lipinski definition) is 3. The molecule has 0 saturated carbocycles. The van der Waals surface area contributed by atoms with E-state index in [1.165, 1.54) is 6.07 Å². The number of ether oxygens (including phenoxy) is 1. The fraction of sp³-hybridized carbons (Fsp3) is 0.273. The maximum Gasteiger partial charge on any atom is 0.338 e. The minimum atomic E-state index is -1.04. The van der Waals surface area contributed by atoms with Crippen LogP contribution in [0.3, 0.4) is 0 Å². The lowest BCUT2D eigenvalue weighted by Gasteiger charge is -2.04. The number of carbonyl (C=O) groups excluding carboxylic acids is 1. The number of hydrogen-bond donors (Lipinski definition) is 1. The summed E-state index contributed by atoms with van der Waals surface area (Å²) in [6.45, 7) is 3.65. The first-order valence-electron chi connectivity index (χ1n) is 4.57. The molecule has 4 heteroatoms. The summed E-state index contributed by atoms with van der Waals surface area (Å²) in [7, 11) is 0. The first-order chi connectivity index (χ1) is 7.06. The maximum absolute atomic E-state index is 11.3. The van der Waals surface area contributed by atoms with E-state index in [1.54, 1.807) is 26.0 Å². The molecule has 0 aliphatic heterocycles. The van der Waals surface area contributed by atoms with Crippen LogP contribution in [0.2, 0.25) is 0 Å². The third-order valence-electron chi connectivity index (χ3n) is 1.98. The number of aryl methyl sites for hydroxylation is 1. The average Bonchev–Trinajstić information content (AvgIpc) is 2.18. The number of rotatable bonds is 3. The second kappa shape index (κ2) is 4.59. The van der Waals surface area contributed by atoms with E-state index in [4.69, 9.17) is 9.84 Å². The van der Waals surface area contributed by atoms with Crippen molar-refractivity contribution in [2.24, 2.45) is 0 Å². The molecule has 0 saturated heterocycles. The average molecular weight is 208 g/mol. The van der Waals surface area contributed by atoms with Crippen LogP contribution in [0.25, 0.3) is 0 Å². The number of carbonyl (C=O) groups is 2. The van der Waals surface area contributed by atoms with Gasteiger partial charge in [0.25, 0.3) is 0 Å². The van der Waals surface area contributed by atoms with Crippen molar-refractivity contribution in [3.8, 4) is 0 Å². The minimum Gasteiger partial charge on any atom is -0.478 e. The summed E-state index contributed by atoms with van der Waals surface area (Å²) in [6, 6.07) is 4.48. The number of carboxylic acid groups (broad SMARTS) is 1. The van der Waals surface area contributed by atoms with E-state index >= 15 is 0 Å². The molecule has 0 unspecified atom stereocenters. The summed E-state index contributed by atoms with van der Waals surface area (Å²) in [5, 5.41) is 8.85. The molecule has 0 spiro atoms. The van der Waals surface area contributed by atoms with Crippen molar-refractivity contribution in [3.05, 3.63) is 34.9 Å². The van der Waals surface area contributed by atoms with Crippen LogP contribution in [0.15, 0.2) is 18.2 Å². The van der Waals surface area contributed by atoms with Crippen LogP contribution in [-0.2, 0) is 4.74 Å². The smallest absolute Gasteiger partial charge is 0.338 e. The van der Waals surface area contributed by atoms with Gasteiger partial charge in [-0.3, -0.25) is 0 Å². The molecule has 0 fully saturated rings. The van der Waals surface area contributed by atoms with Crippen molar-refractivity contribution in [3.63, 3.8) is 0 Å². The molecule has 0 amide bonds. The third-order valence-corrected chi connectivity index (χ3v) is 1.98. The molecule has 0 heterocycles. The fourth-order valence-electron chi connectivity index (χ4n) is 1.19. The van der Waals surface area contributed by atoms with Crippen molar-refractivity contribution in [1.82, 2.24) is 0 Å². The predicted octanol–water partition coefficient (Wildman–Crippen LogP) is 1.87. The molecule has 0 atom stereocenters. The zero-order valence-electron chi connectivity index (χ0n) is 8.61. The second-order valence-electron chi connectivity index (χ2n) is 3.06. The Morgan fingerprint density at radius 3 is 2.60 bits per heavy atom. The Hall–Kier alpha value is -1.84. The van der Waals surface area contributed by atoms with Crippen molar-refractivity contribution < 1.29 is 19.4 Å². The molecule has 1 rings (SSSR count). The van der Waals surface area contributed by atoms with Gasteiger partial charge in [-0.2, -0.15) is 0 Å². The molecule has 0 bridgehead atoms. The van der Waals surface area contributed by atoms with Gasteiger partial charge >= 0.3 is 11.9 Å². The molecular weight excluding hydrogens is 196 g/mol. The zero-order chi connectivity index (χ0) is 11.4. The SMILES string of the molecule is CCOC(=O)c1ccc(C)c(C(=O)O)c1. The van der Waals surface area contributed by atoms with Crippen LogP contribution in [0.5, 0.6) is 0 Å². The summed E-state index contributed by atoms with van der Waals surface area (Å²) in [6.07, 6.45) is 0. The van der Waals surface area contributed by atoms with E-state index in [2.05, 4.69) is 0 Å². The predicted molar refractivity (Wildman–Crippen MR) is 54.1 cm³/mol. The minimum absolute atomic E-state index is 0.126. The van der Waals surface area contributed by atoms with Gasteiger partial charge in [0.15, 0.2) is 0 Å². The normalized spacial score (nSPS) is 9.73. The van der Waals surface area contributed by atoms with Gasteiger partial charge in [-0.25, -0.2) is 9.59 Å². The van der Waals surface area contributed by atoms with E-state index in [0.29, 0.717) is 5.56 Å². The Bertz CT molecular complexity index is 396. The lowest BCUT2D eigenvalue weighted by molar-refractivity contribution is 0.0526. The van der Waals surface area contributed by atoms with Gasteiger partial charge in [0.05, 0.1) is 17.7 Å². The second-order valence-corrected chi connectivity index (χ2v) is 3.06. The molecule has 1 aromatic rings. The molecule has 0 aromatic heterocycles. The van der Waals surface area contributed by atoms with Gasteiger partial charge in [-0.15, -0.1) is 0 Å². The summed E-state index contributed by atoms with van der Waals surface area (Å²) >= 11 is 0. The summed E-state index contributed by atoms with van der Waals surface area (Å²) in [4.78, 5) is 22.1. The number of esters is 1. The largest absolute Gasteiger partial charge is 0.478 e. The fourth-order valence-corrected chi connectivity index (χ4v) is 1.19. The quantitative estimate of drug-likeness (QED) is 0.770. The van der Waals surface area contributed by atoms with Crippen LogP contribution in [-0.4, -0.2) is 23.7 Å². The van der Waals surface area contributed by atoms with Gasteiger partial charge in [0.2, 0.25) is 0 Å². The third kappa shape index (κ3) is 2.56. The Morgan fingerprint density at radius 1 is 1.40 bits per heavy atom. The monoisotopic (exact) mass is 208 g/mol. The van der Waals surface area contributed by atoms with Gasteiger partial charge in [0.1, 0.15) is 0 Å². The topological polar surface area (TPSA) is 63.6 Å². The van der Waals surface area contributed by atoms with Crippen LogP contribution < -0.4 is 0 Å². The molecule has 1 aromatic carbocycles. The van der Waals surface area contributed by atoms with Crippen molar-refractivity contribution in [2.75, 3.05) is 6.61 Å². The van der Waals surface area contributed by atoms with Gasteiger partial charge < -0.3 is 9.84 Å². The Labute approximate surface area is 87.5 Å². The highest BCUT2D eigenvalue weighted by atomic mass is 16.5. The molecule has 0 aliphatic carbocycles. The molecule has 80 valence electrons. The van der Waals surface area contributed by atoms with Crippen molar-refractivity contribution >= 4 is 11.9 Å². The number of carboxylic acids is 1. The summed E-state index contributed by atoms with van der Waals surface area (Å²) < 4.78 is 4.77. The number of aromatic carboxylic acids is 1. The zero-order valence-corrected chi connectivity index (χ0v) is 8.61. The first kappa shape index (κ1) is 11.2. The number of benzene rings is 1. The van der Waals surface area contributed by atoms with Crippen LogP contribution in [0.1, 0.15) is 33.2 Å². The van der Waals surface area contributed by atoms with Crippen molar-refractivity contribution in [1.29, 1.82) is 0 Å². The van der Waals surface area contributed by atoms with Gasteiger partial charge in [-0.05, 0) is 31.5 Å². The van der Waals surface area contributed by atoms with Crippen LogP contribution in [0, 0.1) is 6.92 Å². The highest BCUT2D eigenvalue weighted by Gasteiger charge is 2.12. The molecule has 1 N–H and O–H groups in total. The van der Waals surface area contributed by atoms with E-state index < -0.39 is 11.9 Å². The molecule has 0 radical (unpaired) electrons. The molecular formula is C11H12O4. The Morgan fingerprint density at radius 2 is 2.07 bits per heavy atom. The van der Waals surface area contributed by atoms with E-state index in [-0.39, 0.29) is 17.7 Å². The Kier molecular flexibility index (Phi) is 3.44. The summed E-state index contributed by atoms with van der Waals surface area (Å²) in [5.74, 6) is -1.54. The molecule has 15 heavy (non-hydrogen) atoms. The molecule has 0 aliphatic rings. The maximum atomic E-state index is 11.3.